The molecule has 120 valence electrons. The third kappa shape index (κ3) is 3.23. The summed E-state index contributed by atoms with van der Waals surface area (Å²) in [6.07, 6.45) is -4.51. The fraction of sp³-hybridized carbons (Fsp3) is 0.529. The fourth-order valence-electron chi connectivity index (χ4n) is 2.24. The molecule has 0 aliphatic carbocycles. The van der Waals surface area contributed by atoms with Crippen LogP contribution < -0.4 is 0 Å². The molecule has 1 heterocycles. The number of hydrogen-bond donors (Lipinski definition) is 0. The van der Waals surface area contributed by atoms with Gasteiger partial charge in [-0.25, -0.2) is 9.97 Å². The summed E-state index contributed by atoms with van der Waals surface area (Å²) in [4.78, 5) is 8.15. The summed E-state index contributed by atoms with van der Waals surface area (Å²) >= 11 is 0. The lowest BCUT2D eigenvalue weighted by Crippen LogP contribution is -2.23. The molecule has 0 saturated carbocycles. The van der Waals surface area contributed by atoms with Gasteiger partial charge in [-0.2, -0.15) is 13.2 Å². The standard InChI is InChI=1S/C17H21F3N2/c1-15(2,3)10-7-8-11-12(9-10)22-14(17(18,19)20)13(21-11)16(4,5)6/h7-9H,1-6H3. The van der Waals surface area contributed by atoms with Crippen LogP contribution in [0.1, 0.15) is 58.5 Å². The molecule has 0 unspecified atom stereocenters. The van der Waals surface area contributed by atoms with E-state index in [-0.39, 0.29) is 16.6 Å². The first-order valence-electron chi connectivity index (χ1n) is 7.20. The zero-order valence-electron chi connectivity index (χ0n) is 13.8. The van der Waals surface area contributed by atoms with Crippen molar-refractivity contribution in [3.8, 4) is 0 Å². The lowest BCUT2D eigenvalue weighted by Gasteiger charge is -2.23. The summed E-state index contributed by atoms with van der Waals surface area (Å²) in [6, 6.07) is 5.35. The number of halogens is 3. The highest BCUT2D eigenvalue weighted by molar-refractivity contribution is 5.76. The van der Waals surface area contributed by atoms with E-state index in [1.165, 1.54) is 0 Å². The molecule has 1 aromatic carbocycles. The number of benzene rings is 1. The van der Waals surface area contributed by atoms with Crippen molar-refractivity contribution in [2.24, 2.45) is 0 Å². The monoisotopic (exact) mass is 310 g/mol. The first kappa shape index (κ1) is 16.7. The van der Waals surface area contributed by atoms with Crippen molar-refractivity contribution in [1.82, 2.24) is 9.97 Å². The van der Waals surface area contributed by atoms with Gasteiger partial charge in [-0.15, -0.1) is 0 Å². The Kier molecular flexibility index (Phi) is 3.75. The number of fused-ring (bicyclic) bond motifs is 1. The van der Waals surface area contributed by atoms with Crippen molar-refractivity contribution >= 4 is 11.0 Å². The molecule has 0 bridgehead atoms. The molecule has 2 aromatic rings. The second kappa shape index (κ2) is 4.93. The molecule has 0 fully saturated rings. The fourth-order valence-corrected chi connectivity index (χ4v) is 2.24. The van der Waals surface area contributed by atoms with E-state index in [1.807, 2.05) is 26.8 Å². The number of rotatable bonds is 0. The molecule has 22 heavy (non-hydrogen) atoms. The minimum absolute atomic E-state index is 0.0176. The van der Waals surface area contributed by atoms with Crippen LogP contribution in [0.4, 0.5) is 13.2 Å². The lowest BCUT2D eigenvalue weighted by molar-refractivity contribution is -0.142. The zero-order valence-corrected chi connectivity index (χ0v) is 13.8. The van der Waals surface area contributed by atoms with E-state index < -0.39 is 17.3 Å². The van der Waals surface area contributed by atoms with Crippen LogP contribution in [-0.2, 0) is 17.0 Å². The highest BCUT2D eigenvalue weighted by Crippen LogP contribution is 2.36. The van der Waals surface area contributed by atoms with Crippen molar-refractivity contribution in [3.05, 3.63) is 35.2 Å². The number of nitrogens with zero attached hydrogens (tertiary/aromatic N) is 2. The molecule has 2 rings (SSSR count). The predicted molar refractivity (Wildman–Crippen MR) is 81.9 cm³/mol. The molecule has 1 aromatic heterocycles. The Labute approximate surface area is 128 Å². The van der Waals surface area contributed by atoms with Crippen molar-refractivity contribution in [2.75, 3.05) is 0 Å². The van der Waals surface area contributed by atoms with E-state index in [0.717, 1.165) is 5.56 Å². The number of aromatic nitrogens is 2. The molecule has 0 aliphatic heterocycles. The largest absolute Gasteiger partial charge is 0.435 e. The minimum atomic E-state index is -4.51. The maximum absolute atomic E-state index is 13.3. The van der Waals surface area contributed by atoms with Gasteiger partial charge in [0.25, 0.3) is 0 Å². The molecular weight excluding hydrogens is 289 g/mol. The van der Waals surface area contributed by atoms with Gasteiger partial charge in [-0.1, -0.05) is 47.6 Å². The molecule has 2 nitrogen and oxygen atoms in total. The third-order valence-electron chi connectivity index (χ3n) is 3.51. The molecule has 0 atom stereocenters. The van der Waals surface area contributed by atoms with Crippen LogP contribution in [0, 0.1) is 0 Å². The van der Waals surface area contributed by atoms with Crippen LogP contribution in [0.2, 0.25) is 0 Å². The second-order valence-electron chi connectivity index (χ2n) is 7.62. The van der Waals surface area contributed by atoms with E-state index in [9.17, 15) is 13.2 Å². The second-order valence-corrected chi connectivity index (χ2v) is 7.62. The molecular formula is C17H21F3N2. The Balaban J connectivity index is 2.79. The van der Waals surface area contributed by atoms with Crippen LogP contribution in [-0.4, -0.2) is 9.97 Å². The van der Waals surface area contributed by atoms with Crippen LogP contribution in [0.5, 0.6) is 0 Å². The minimum Gasteiger partial charge on any atom is -0.248 e. The first-order chi connectivity index (χ1) is 9.80. The predicted octanol–water partition coefficient (Wildman–Crippen LogP) is 5.24. The summed E-state index contributed by atoms with van der Waals surface area (Å²) in [5, 5.41) is 0. The van der Waals surface area contributed by atoms with Gasteiger partial charge in [-0.3, -0.25) is 0 Å². The highest BCUT2D eigenvalue weighted by atomic mass is 19.4. The van der Waals surface area contributed by atoms with Gasteiger partial charge >= 0.3 is 6.18 Å². The summed E-state index contributed by atoms with van der Waals surface area (Å²) in [6.45, 7) is 11.2. The molecule has 0 spiro atoms. The van der Waals surface area contributed by atoms with Gasteiger partial charge in [0.05, 0.1) is 16.7 Å². The summed E-state index contributed by atoms with van der Waals surface area (Å²) in [5.74, 6) is 0. The van der Waals surface area contributed by atoms with Crippen molar-refractivity contribution in [1.29, 1.82) is 0 Å². The van der Waals surface area contributed by atoms with Crippen molar-refractivity contribution in [3.63, 3.8) is 0 Å². The van der Waals surface area contributed by atoms with Crippen molar-refractivity contribution < 1.29 is 13.2 Å². The summed E-state index contributed by atoms with van der Waals surface area (Å²) < 4.78 is 40.0. The summed E-state index contributed by atoms with van der Waals surface area (Å²) in [5.41, 5.74) is -0.0784. The van der Waals surface area contributed by atoms with Crippen molar-refractivity contribution in [2.45, 2.75) is 58.5 Å². The Morgan fingerprint density at radius 2 is 1.27 bits per heavy atom. The average molecular weight is 310 g/mol. The SMILES string of the molecule is CC(C)(C)c1ccc2nc(C(C)(C)C)c(C(F)(F)F)nc2c1. The lowest BCUT2D eigenvalue weighted by atomic mass is 9.86. The number of alkyl halides is 3. The topological polar surface area (TPSA) is 25.8 Å². The van der Waals surface area contributed by atoms with Gasteiger partial charge in [0.1, 0.15) is 0 Å². The van der Waals surface area contributed by atoms with Gasteiger partial charge in [-0.05, 0) is 23.1 Å². The van der Waals surface area contributed by atoms with Crippen LogP contribution >= 0.6 is 0 Å². The van der Waals surface area contributed by atoms with Gasteiger partial charge in [0.2, 0.25) is 0 Å². The van der Waals surface area contributed by atoms with E-state index in [1.54, 1.807) is 32.9 Å². The Morgan fingerprint density at radius 1 is 0.727 bits per heavy atom. The average Bonchev–Trinajstić information content (AvgIpc) is 2.33. The van der Waals surface area contributed by atoms with Gasteiger partial charge in [0.15, 0.2) is 5.69 Å². The maximum atomic E-state index is 13.3. The summed E-state index contributed by atoms with van der Waals surface area (Å²) in [7, 11) is 0. The molecule has 0 radical (unpaired) electrons. The molecule has 5 heteroatoms. The van der Waals surface area contributed by atoms with E-state index in [2.05, 4.69) is 9.97 Å². The zero-order chi connectivity index (χ0) is 16.9. The Hall–Kier alpha value is -1.65. The van der Waals surface area contributed by atoms with Crippen LogP contribution in [0.25, 0.3) is 11.0 Å². The Bertz CT molecular complexity index is 705. The van der Waals surface area contributed by atoms with E-state index in [0.29, 0.717) is 5.52 Å². The van der Waals surface area contributed by atoms with Crippen LogP contribution in [0.15, 0.2) is 18.2 Å². The van der Waals surface area contributed by atoms with E-state index >= 15 is 0 Å². The molecule has 0 N–H and O–H groups in total. The van der Waals surface area contributed by atoms with Gasteiger partial charge in [0, 0.05) is 5.41 Å². The Morgan fingerprint density at radius 3 is 1.73 bits per heavy atom. The highest BCUT2D eigenvalue weighted by Gasteiger charge is 2.39. The maximum Gasteiger partial charge on any atom is 0.435 e. The third-order valence-corrected chi connectivity index (χ3v) is 3.51. The number of hydrogen-bond acceptors (Lipinski definition) is 2. The molecule has 0 saturated heterocycles. The van der Waals surface area contributed by atoms with E-state index in [4.69, 9.17) is 0 Å². The molecule has 0 aliphatic rings. The van der Waals surface area contributed by atoms with Crippen LogP contribution in [0.3, 0.4) is 0 Å². The first-order valence-corrected chi connectivity index (χ1v) is 7.20. The quantitative estimate of drug-likeness (QED) is 0.664. The van der Waals surface area contributed by atoms with Gasteiger partial charge < -0.3 is 0 Å². The smallest absolute Gasteiger partial charge is 0.248 e. The molecule has 0 amide bonds. The normalized spacial score (nSPS) is 13.7.